The van der Waals surface area contributed by atoms with Crippen molar-refractivity contribution in [2.45, 2.75) is 63.1 Å². The molecule has 2 fully saturated rings. The Labute approximate surface area is 233 Å². The maximum Gasteiger partial charge on any atom is 0.220 e. The summed E-state index contributed by atoms with van der Waals surface area (Å²) in [7, 11) is 2.16. The number of aliphatic hydroxyl groups excluding tert-OH is 1. The van der Waals surface area contributed by atoms with Gasteiger partial charge in [0.15, 0.2) is 0 Å². The molecule has 0 bridgehead atoms. The number of rotatable bonds is 11. The summed E-state index contributed by atoms with van der Waals surface area (Å²) in [6.45, 7) is 8.21. The summed E-state index contributed by atoms with van der Waals surface area (Å²) in [5.41, 5.74) is 6.27. The third-order valence-corrected chi connectivity index (χ3v) is 8.82. The van der Waals surface area contributed by atoms with Gasteiger partial charge in [0.2, 0.25) is 5.91 Å². The Balaban J connectivity index is 1.21. The van der Waals surface area contributed by atoms with E-state index < -0.39 is 6.10 Å². The molecule has 2 N–H and O–H groups in total. The fraction of sp³-hybridized carbons (Fsp3) is 0.581. The molecule has 4 rings (SSSR count). The molecule has 2 heterocycles. The number of carbonyl (C=O) groups excluding carboxylic acids is 1. The second-order valence-corrected chi connectivity index (χ2v) is 11.9. The molecule has 2 saturated heterocycles. The molecule has 6 nitrogen and oxygen atoms in total. The van der Waals surface area contributed by atoms with Crippen LogP contribution in [0.3, 0.4) is 0 Å². The normalized spacial score (nSPS) is 22.9. The molecule has 0 spiro atoms. The Kier molecular flexibility index (Phi) is 11.1. The number of aryl methyl sites for hydroxylation is 2. The topological polar surface area (TPSA) is 65.0 Å². The Hall–Kier alpha value is -1.90. The lowest BCUT2D eigenvalue weighted by molar-refractivity contribution is -0.121. The monoisotopic (exact) mass is 539 g/mol. The third-order valence-electron chi connectivity index (χ3n) is 7.94. The van der Waals surface area contributed by atoms with Crippen molar-refractivity contribution in [1.29, 1.82) is 0 Å². The molecule has 2 aromatic rings. The number of benzene rings is 2. The van der Waals surface area contributed by atoms with E-state index in [0.29, 0.717) is 6.42 Å². The van der Waals surface area contributed by atoms with Crippen LogP contribution in [0.2, 0.25) is 0 Å². The molecule has 3 atom stereocenters. The molecule has 0 unspecified atom stereocenters. The smallest absolute Gasteiger partial charge is 0.220 e. The second kappa shape index (κ2) is 14.5. The van der Waals surface area contributed by atoms with Gasteiger partial charge in [0.1, 0.15) is 11.5 Å². The summed E-state index contributed by atoms with van der Waals surface area (Å²) in [5.74, 6) is 0.155. The van der Waals surface area contributed by atoms with Crippen LogP contribution in [0.4, 0.5) is 0 Å². The lowest BCUT2D eigenvalue weighted by atomic mass is 9.92. The predicted octanol–water partition coefficient (Wildman–Crippen LogP) is 4.17. The minimum absolute atomic E-state index is 0.147. The van der Waals surface area contributed by atoms with Crippen molar-refractivity contribution in [3.8, 4) is 0 Å². The highest BCUT2D eigenvalue weighted by Gasteiger charge is 2.31. The average molecular weight is 540 g/mol. The molecular weight excluding hydrogens is 494 g/mol. The fourth-order valence-corrected chi connectivity index (χ4v) is 5.93. The van der Waals surface area contributed by atoms with E-state index in [1.165, 1.54) is 22.3 Å². The summed E-state index contributed by atoms with van der Waals surface area (Å²) < 4.78 is 6.18. The average Bonchev–Trinajstić information content (AvgIpc) is 2.92. The van der Waals surface area contributed by atoms with Crippen LogP contribution in [0, 0.1) is 6.92 Å². The molecule has 7 heteroatoms. The molecule has 2 aliphatic heterocycles. The summed E-state index contributed by atoms with van der Waals surface area (Å²) in [5, 5.41) is 13.6. The van der Waals surface area contributed by atoms with Crippen molar-refractivity contribution >= 4 is 17.7 Å². The Morgan fingerprint density at radius 3 is 2.55 bits per heavy atom. The van der Waals surface area contributed by atoms with Crippen LogP contribution in [0.25, 0.3) is 0 Å². The van der Waals surface area contributed by atoms with Crippen molar-refractivity contribution in [1.82, 2.24) is 15.1 Å². The Morgan fingerprint density at radius 2 is 1.82 bits per heavy atom. The Morgan fingerprint density at radius 1 is 1.08 bits per heavy atom. The van der Waals surface area contributed by atoms with E-state index in [-0.39, 0.29) is 17.4 Å². The van der Waals surface area contributed by atoms with Crippen molar-refractivity contribution in [2.24, 2.45) is 0 Å². The highest BCUT2D eigenvalue weighted by atomic mass is 32.2. The van der Waals surface area contributed by atoms with Gasteiger partial charge in [-0.2, -0.15) is 0 Å². The zero-order valence-electron chi connectivity index (χ0n) is 23.3. The van der Waals surface area contributed by atoms with E-state index in [4.69, 9.17) is 4.74 Å². The van der Waals surface area contributed by atoms with Gasteiger partial charge in [0.25, 0.3) is 0 Å². The van der Waals surface area contributed by atoms with Gasteiger partial charge in [-0.15, -0.1) is 11.8 Å². The molecule has 2 aromatic carbocycles. The number of hydrogen-bond acceptors (Lipinski definition) is 6. The number of nitrogens with zero attached hydrogens (tertiary/aromatic N) is 2. The van der Waals surface area contributed by atoms with Gasteiger partial charge in [-0.05, 0) is 80.1 Å². The zero-order valence-corrected chi connectivity index (χ0v) is 24.1. The van der Waals surface area contributed by atoms with Crippen molar-refractivity contribution in [3.63, 3.8) is 0 Å². The molecule has 0 aromatic heterocycles. The quantitative estimate of drug-likeness (QED) is 0.447. The minimum Gasteiger partial charge on any atom is -0.390 e. The number of piperazine rings is 1. The van der Waals surface area contributed by atoms with Crippen LogP contribution in [-0.4, -0.2) is 84.9 Å². The molecule has 38 heavy (non-hydrogen) atoms. The number of carbonyl (C=O) groups is 1. The number of aliphatic hydroxyl groups is 1. The minimum atomic E-state index is -0.452. The predicted molar refractivity (Wildman–Crippen MR) is 157 cm³/mol. The largest absolute Gasteiger partial charge is 0.390 e. The highest BCUT2D eigenvalue weighted by Crippen LogP contribution is 2.36. The summed E-state index contributed by atoms with van der Waals surface area (Å²) in [4.78, 5) is 17.0. The molecule has 0 radical (unpaired) electrons. The van der Waals surface area contributed by atoms with Gasteiger partial charge in [0, 0.05) is 45.7 Å². The highest BCUT2D eigenvalue weighted by molar-refractivity contribution is 7.99. The maximum atomic E-state index is 12.2. The molecule has 208 valence electrons. The van der Waals surface area contributed by atoms with Crippen molar-refractivity contribution in [2.75, 3.05) is 52.6 Å². The lowest BCUT2D eigenvalue weighted by Crippen LogP contribution is -2.46. The first-order valence-corrected chi connectivity index (χ1v) is 15.4. The number of hydrogen-bond donors (Lipinski definition) is 2. The van der Waals surface area contributed by atoms with Gasteiger partial charge in [-0.1, -0.05) is 42.5 Å². The van der Waals surface area contributed by atoms with Crippen LogP contribution < -0.4 is 5.32 Å². The van der Waals surface area contributed by atoms with E-state index >= 15 is 0 Å². The van der Waals surface area contributed by atoms with Crippen molar-refractivity contribution in [3.05, 3.63) is 70.3 Å². The summed E-state index contributed by atoms with van der Waals surface area (Å²) in [6, 6.07) is 15.2. The number of ether oxygens (including phenoxy) is 1. The Bertz CT molecular complexity index is 1020. The van der Waals surface area contributed by atoms with Gasteiger partial charge in [-0.25, -0.2) is 0 Å². The number of likely N-dealkylation sites (N-methyl/N-ethyl adjacent to an activating group) is 1. The molecule has 0 aliphatic carbocycles. The molecule has 1 amide bonds. The fourth-order valence-electron chi connectivity index (χ4n) is 5.32. The van der Waals surface area contributed by atoms with Crippen molar-refractivity contribution < 1.29 is 14.6 Å². The van der Waals surface area contributed by atoms with E-state index in [1.807, 2.05) is 0 Å². The second-order valence-electron chi connectivity index (χ2n) is 10.9. The van der Waals surface area contributed by atoms with Gasteiger partial charge in [-0.3, -0.25) is 9.69 Å². The lowest BCUT2D eigenvalue weighted by Gasteiger charge is -2.33. The summed E-state index contributed by atoms with van der Waals surface area (Å²) in [6.07, 6.45) is 6.22. The van der Waals surface area contributed by atoms with E-state index in [2.05, 4.69) is 77.8 Å². The van der Waals surface area contributed by atoms with Crippen LogP contribution in [0.5, 0.6) is 0 Å². The summed E-state index contributed by atoms with van der Waals surface area (Å²) >= 11 is 1.71. The van der Waals surface area contributed by atoms with Crippen LogP contribution in [0.1, 0.15) is 59.6 Å². The number of amides is 1. The van der Waals surface area contributed by atoms with Crippen LogP contribution in [0.15, 0.2) is 42.5 Å². The van der Waals surface area contributed by atoms with Gasteiger partial charge < -0.3 is 20.1 Å². The van der Waals surface area contributed by atoms with E-state index in [1.54, 1.807) is 11.8 Å². The SMILES string of the molecule is CS[C@@H]1CC[C@@H](O)[C@H](c2ccc(C)c(Cc3ccc(CCCC(=O)NCCN4CCN(C)CC4)cc3)c2)O1. The van der Waals surface area contributed by atoms with E-state index in [0.717, 1.165) is 76.9 Å². The molecule has 2 aliphatic rings. The first kappa shape index (κ1) is 29.1. The molecule has 0 saturated carbocycles. The maximum absolute atomic E-state index is 12.2. The zero-order chi connectivity index (χ0) is 26.9. The van der Waals surface area contributed by atoms with Crippen LogP contribution in [-0.2, 0) is 22.4 Å². The first-order chi connectivity index (χ1) is 18.4. The van der Waals surface area contributed by atoms with E-state index in [9.17, 15) is 9.90 Å². The third kappa shape index (κ3) is 8.55. The van der Waals surface area contributed by atoms with Gasteiger partial charge >= 0.3 is 0 Å². The standard InChI is InChI=1S/C31H45N3O3S/c1-23-7-12-26(31-28(35)13-14-30(37-31)38-3)22-27(23)21-25-10-8-24(9-11-25)5-4-6-29(36)32-15-16-34-19-17-33(2)18-20-34/h7-12,22,28,30-31,35H,4-6,13-21H2,1-3H3,(H,32,36)/t28-,30-,31+/m1/s1. The number of thioether (sulfide) groups is 1. The molecular formula is C31H45N3O3S. The van der Waals surface area contributed by atoms with Gasteiger partial charge in [0.05, 0.1) is 6.10 Å². The number of nitrogens with one attached hydrogen (secondary N) is 1. The first-order valence-electron chi connectivity index (χ1n) is 14.1. The van der Waals surface area contributed by atoms with Crippen LogP contribution >= 0.6 is 11.8 Å².